The van der Waals surface area contributed by atoms with Gasteiger partial charge in [0.15, 0.2) is 0 Å². The van der Waals surface area contributed by atoms with Crippen LogP contribution in [-0.4, -0.2) is 18.1 Å². The first-order valence-electron chi connectivity index (χ1n) is 10.1. The third-order valence-electron chi connectivity index (χ3n) is 5.41. The Bertz CT molecular complexity index is 953. The van der Waals surface area contributed by atoms with Gasteiger partial charge in [0.05, 0.1) is 25.0 Å². The molecule has 2 N–H and O–H groups in total. The van der Waals surface area contributed by atoms with E-state index in [9.17, 15) is 13.2 Å². The molecule has 3 rings (SSSR count). The van der Waals surface area contributed by atoms with Crippen LogP contribution in [0.25, 0.3) is 11.3 Å². The minimum atomic E-state index is -1.73. The van der Waals surface area contributed by atoms with Crippen molar-refractivity contribution in [3.05, 3.63) is 59.1 Å². The van der Waals surface area contributed by atoms with Crippen molar-refractivity contribution in [1.29, 1.82) is 0 Å². The van der Waals surface area contributed by atoms with Crippen molar-refractivity contribution in [3.8, 4) is 17.0 Å². The monoisotopic (exact) mass is 419 g/mol. The van der Waals surface area contributed by atoms with Gasteiger partial charge in [-0.05, 0) is 45.4 Å². The summed E-state index contributed by atoms with van der Waals surface area (Å²) in [4.78, 5) is 4.14. The molecule has 7 heteroatoms. The Kier molecular flexibility index (Phi) is 6.29. The molecule has 1 aliphatic heterocycles. The first-order chi connectivity index (χ1) is 14.1. The van der Waals surface area contributed by atoms with Gasteiger partial charge >= 0.3 is 0 Å². The van der Waals surface area contributed by atoms with E-state index in [-0.39, 0.29) is 28.1 Å². The fraction of sp³-hybridized carbons (Fsp3) is 0.435. The fourth-order valence-corrected chi connectivity index (χ4v) is 3.63. The molecule has 0 radical (unpaired) electrons. The highest BCUT2D eigenvalue weighted by Crippen LogP contribution is 2.36. The molecule has 1 aromatic heterocycles. The number of benzene rings is 1. The number of methoxy groups -OCH3 is 1. The number of hydrogen-bond donors (Lipinski definition) is 2. The predicted octanol–water partition coefficient (Wildman–Crippen LogP) is 5.50. The third kappa shape index (κ3) is 4.55. The molecular weight excluding hydrogens is 391 g/mol. The lowest BCUT2D eigenvalue weighted by atomic mass is 9.96. The van der Waals surface area contributed by atoms with E-state index in [1.54, 1.807) is 6.92 Å². The molecule has 1 aromatic carbocycles. The largest absolute Gasteiger partial charge is 0.495 e. The molecule has 0 saturated carbocycles. The number of rotatable bonds is 7. The van der Waals surface area contributed by atoms with Crippen molar-refractivity contribution >= 4 is 0 Å². The van der Waals surface area contributed by atoms with Crippen LogP contribution in [0.5, 0.6) is 5.75 Å². The summed E-state index contributed by atoms with van der Waals surface area (Å²) in [5, 5.41) is 6.50. The van der Waals surface area contributed by atoms with Crippen LogP contribution in [0.2, 0.25) is 0 Å². The SMILES string of the molecule is CC[C@H]1CC(NC(C)c2cc(F)c(-c3cc(C(C)(C)F)c(OC)cn3)cc2F)=CN1. The van der Waals surface area contributed by atoms with Crippen LogP contribution in [0.1, 0.15) is 57.7 Å². The van der Waals surface area contributed by atoms with Crippen molar-refractivity contribution < 1.29 is 17.9 Å². The summed E-state index contributed by atoms with van der Waals surface area (Å²) in [6.07, 6.45) is 5.01. The van der Waals surface area contributed by atoms with Gasteiger partial charge < -0.3 is 15.4 Å². The minimum Gasteiger partial charge on any atom is -0.495 e. The smallest absolute Gasteiger partial charge is 0.143 e. The van der Waals surface area contributed by atoms with Crippen molar-refractivity contribution in [2.75, 3.05) is 7.11 Å². The quantitative estimate of drug-likeness (QED) is 0.622. The Hall–Kier alpha value is -2.70. The van der Waals surface area contributed by atoms with E-state index in [1.807, 2.05) is 6.20 Å². The topological polar surface area (TPSA) is 46.2 Å². The van der Waals surface area contributed by atoms with Gasteiger partial charge in [-0.15, -0.1) is 0 Å². The van der Waals surface area contributed by atoms with Crippen molar-refractivity contribution in [3.63, 3.8) is 0 Å². The molecular formula is C23H28F3N3O. The van der Waals surface area contributed by atoms with Gasteiger partial charge in [0.25, 0.3) is 0 Å². The van der Waals surface area contributed by atoms with E-state index in [4.69, 9.17) is 4.74 Å². The molecule has 2 atom stereocenters. The average Bonchev–Trinajstić information content (AvgIpc) is 3.15. The molecule has 0 bridgehead atoms. The van der Waals surface area contributed by atoms with E-state index < -0.39 is 23.3 Å². The zero-order valence-corrected chi connectivity index (χ0v) is 17.9. The number of alkyl halides is 1. The second kappa shape index (κ2) is 8.58. The number of ether oxygens (including phenoxy) is 1. The maximum Gasteiger partial charge on any atom is 0.143 e. The van der Waals surface area contributed by atoms with Crippen LogP contribution in [0, 0.1) is 11.6 Å². The van der Waals surface area contributed by atoms with Crippen LogP contribution in [-0.2, 0) is 5.67 Å². The first kappa shape index (κ1) is 22.0. The highest BCUT2D eigenvalue weighted by molar-refractivity contribution is 5.63. The third-order valence-corrected chi connectivity index (χ3v) is 5.41. The van der Waals surface area contributed by atoms with E-state index in [1.165, 1.54) is 39.3 Å². The van der Waals surface area contributed by atoms with E-state index >= 15 is 0 Å². The van der Waals surface area contributed by atoms with Gasteiger partial charge in [-0.3, -0.25) is 4.98 Å². The van der Waals surface area contributed by atoms with Crippen molar-refractivity contribution in [2.45, 2.75) is 58.3 Å². The van der Waals surface area contributed by atoms with Crippen molar-refractivity contribution in [2.24, 2.45) is 0 Å². The average molecular weight is 419 g/mol. The summed E-state index contributed by atoms with van der Waals surface area (Å²) in [5.41, 5.74) is -0.199. The fourth-order valence-electron chi connectivity index (χ4n) is 3.63. The summed E-state index contributed by atoms with van der Waals surface area (Å²) >= 11 is 0. The summed E-state index contributed by atoms with van der Waals surface area (Å²) in [6.45, 7) is 6.62. The summed E-state index contributed by atoms with van der Waals surface area (Å²) in [6, 6.07) is 3.63. The minimum absolute atomic E-state index is 0.0237. The molecule has 0 spiro atoms. The van der Waals surface area contributed by atoms with Gasteiger partial charge in [0.2, 0.25) is 0 Å². The van der Waals surface area contributed by atoms with Gasteiger partial charge in [-0.25, -0.2) is 13.2 Å². The standard InChI is InChI=1S/C23H28F3N3O/c1-6-14-7-15(11-27-14)29-13(2)16-8-20(25)17(9-19(16)24)21-10-18(23(3,4)26)22(30-5)12-28-21/h8-14,27,29H,6-7H2,1-5H3/t13?,14-/m0/s1. The molecule has 1 unspecified atom stereocenters. The van der Waals surface area contributed by atoms with E-state index in [0.717, 1.165) is 24.6 Å². The van der Waals surface area contributed by atoms with Crippen LogP contribution < -0.4 is 15.4 Å². The molecule has 0 aliphatic carbocycles. The zero-order valence-electron chi connectivity index (χ0n) is 17.9. The normalized spacial score (nSPS) is 17.3. The number of nitrogens with zero attached hydrogens (tertiary/aromatic N) is 1. The molecule has 2 heterocycles. The van der Waals surface area contributed by atoms with Gasteiger partial charge in [0, 0.05) is 41.1 Å². The molecule has 162 valence electrons. The molecule has 0 amide bonds. The second-order valence-corrected chi connectivity index (χ2v) is 8.11. The van der Waals surface area contributed by atoms with Crippen LogP contribution in [0.15, 0.2) is 36.3 Å². The molecule has 0 saturated heterocycles. The number of hydrogen-bond acceptors (Lipinski definition) is 4. The number of halogens is 3. The molecule has 1 aliphatic rings. The number of aromatic nitrogens is 1. The van der Waals surface area contributed by atoms with Gasteiger partial charge in [-0.2, -0.15) is 0 Å². The lowest BCUT2D eigenvalue weighted by Gasteiger charge is -2.20. The molecule has 2 aromatic rings. The number of nitrogens with one attached hydrogen (secondary N) is 2. The Morgan fingerprint density at radius 3 is 2.60 bits per heavy atom. The maximum absolute atomic E-state index is 14.9. The highest BCUT2D eigenvalue weighted by Gasteiger charge is 2.26. The predicted molar refractivity (Wildman–Crippen MR) is 112 cm³/mol. The second-order valence-electron chi connectivity index (χ2n) is 8.11. The van der Waals surface area contributed by atoms with Crippen molar-refractivity contribution in [1.82, 2.24) is 15.6 Å². The van der Waals surface area contributed by atoms with Crippen LogP contribution in [0.3, 0.4) is 0 Å². The summed E-state index contributed by atoms with van der Waals surface area (Å²) < 4.78 is 49.5. The Balaban J connectivity index is 1.90. The van der Waals surface area contributed by atoms with Crippen LogP contribution in [0.4, 0.5) is 13.2 Å². The lowest BCUT2D eigenvalue weighted by Crippen LogP contribution is -2.20. The van der Waals surface area contributed by atoms with Gasteiger partial charge in [0.1, 0.15) is 23.1 Å². The maximum atomic E-state index is 14.9. The summed E-state index contributed by atoms with van der Waals surface area (Å²) in [5.74, 6) is -0.917. The summed E-state index contributed by atoms with van der Waals surface area (Å²) in [7, 11) is 1.41. The van der Waals surface area contributed by atoms with Gasteiger partial charge in [-0.1, -0.05) is 6.92 Å². The first-order valence-corrected chi connectivity index (χ1v) is 10.1. The van der Waals surface area contributed by atoms with E-state index in [0.29, 0.717) is 6.04 Å². The molecule has 30 heavy (non-hydrogen) atoms. The Morgan fingerprint density at radius 1 is 1.27 bits per heavy atom. The Morgan fingerprint density at radius 2 is 2.00 bits per heavy atom. The molecule has 0 fully saturated rings. The Labute approximate surface area is 175 Å². The lowest BCUT2D eigenvalue weighted by molar-refractivity contribution is 0.213. The van der Waals surface area contributed by atoms with Crippen LogP contribution >= 0.6 is 0 Å². The number of pyridine rings is 1. The highest BCUT2D eigenvalue weighted by atomic mass is 19.1. The zero-order chi connectivity index (χ0) is 22.1. The molecule has 4 nitrogen and oxygen atoms in total. The van der Waals surface area contributed by atoms with E-state index in [2.05, 4.69) is 22.5 Å².